The number of rotatable bonds is 10. The fourth-order valence-corrected chi connectivity index (χ4v) is 7.73. The lowest BCUT2D eigenvalue weighted by Crippen LogP contribution is -2.37. The average Bonchev–Trinajstić information content (AvgIpc) is 3.48. The molecule has 2 aromatic carbocycles. The second kappa shape index (κ2) is 11.5. The molecule has 1 aliphatic carbocycles. The molecule has 6 nitrogen and oxygen atoms in total. The zero-order chi connectivity index (χ0) is 28.5. The molecule has 1 aliphatic heterocycles. The highest BCUT2D eigenvalue weighted by atomic mass is 32.1. The first kappa shape index (κ1) is 28.6. The predicted molar refractivity (Wildman–Crippen MR) is 156 cm³/mol. The number of hydrogen-bond acceptors (Lipinski definition) is 6. The third kappa shape index (κ3) is 6.33. The minimum atomic E-state index is -0.217. The van der Waals surface area contributed by atoms with Crippen molar-refractivity contribution >= 4 is 17.2 Å². The molecule has 0 spiro atoms. The molecule has 2 unspecified atom stereocenters. The number of carbonyl (C=O) groups is 1. The maximum absolute atomic E-state index is 14.6. The van der Waals surface area contributed by atoms with E-state index in [1.807, 2.05) is 35.7 Å². The van der Waals surface area contributed by atoms with E-state index in [-0.39, 0.29) is 28.6 Å². The first-order valence-electron chi connectivity index (χ1n) is 14.0. The molecule has 1 saturated heterocycles. The van der Waals surface area contributed by atoms with Crippen molar-refractivity contribution in [2.45, 2.75) is 65.6 Å². The van der Waals surface area contributed by atoms with Gasteiger partial charge in [0.25, 0.3) is 5.91 Å². The van der Waals surface area contributed by atoms with Crippen LogP contribution in [-0.4, -0.2) is 54.0 Å². The van der Waals surface area contributed by atoms with Gasteiger partial charge in [-0.2, -0.15) is 0 Å². The monoisotopic (exact) mass is 565 g/mol. The van der Waals surface area contributed by atoms with E-state index < -0.39 is 0 Å². The van der Waals surface area contributed by atoms with Gasteiger partial charge in [-0.05, 0) is 60.3 Å². The van der Waals surface area contributed by atoms with Crippen LogP contribution in [-0.2, 0) is 19.5 Å². The summed E-state index contributed by atoms with van der Waals surface area (Å²) in [5, 5.41) is 2.75. The molecular weight excluding hydrogens is 525 g/mol. The molecule has 40 heavy (non-hydrogen) atoms. The molecule has 2 bridgehead atoms. The molecule has 2 atom stereocenters. The van der Waals surface area contributed by atoms with Gasteiger partial charge in [-0.3, -0.25) is 9.69 Å². The lowest BCUT2D eigenvalue weighted by molar-refractivity contribution is 0.0702. The van der Waals surface area contributed by atoms with E-state index in [9.17, 15) is 9.18 Å². The van der Waals surface area contributed by atoms with Crippen molar-refractivity contribution in [2.24, 2.45) is 10.8 Å². The number of benzene rings is 2. The SMILES string of the molecule is COc1ccc(CCN(Cc2nc(C(=O)N3CC4(C)CC3CC(C)(C)C4)cs2)Cc2ccccc2F)cc1OC. The summed E-state index contributed by atoms with van der Waals surface area (Å²) in [6.45, 7) is 9.43. The van der Waals surface area contributed by atoms with Gasteiger partial charge in [0.2, 0.25) is 0 Å². The van der Waals surface area contributed by atoms with Crippen LogP contribution in [0.4, 0.5) is 4.39 Å². The highest BCUT2D eigenvalue weighted by Gasteiger charge is 2.51. The fourth-order valence-electron chi connectivity index (χ4n) is 6.92. The number of fused-ring (bicyclic) bond motifs is 2. The number of methoxy groups -OCH3 is 2. The van der Waals surface area contributed by atoms with Crippen molar-refractivity contribution in [1.29, 1.82) is 0 Å². The van der Waals surface area contributed by atoms with E-state index in [0.717, 1.165) is 42.8 Å². The normalized spacial score (nSPS) is 21.6. The van der Waals surface area contributed by atoms with Crippen LogP contribution < -0.4 is 9.47 Å². The standard InChI is InChI=1S/C32H40FN3O3S/c1-31(2)15-24-16-32(3,20-31)21-36(24)30(37)26-19-40-29(34-26)18-35(17-23-8-6-7-9-25(23)33)13-12-22-10-11-27(38-4)28(14-22)39-5/h6-11,14,19,24H,12-13,15-18,20-21H2,1-5H3. The highest BCUT2D eigenvalue weighted by Crippen LogP contribution is 2.52. The van der Waals surface area contributed by atoms with Crippen LogP contribution >= 0.6 is 11.3 Å². The smallest absolute Gasteiger partial charge is 0.273 e. The number of carbonyl (C=O) groups excluding carboxylic acids is 1. The highest BCUT2D eigenvalue weighted by molar-refractivity contribution is 7.09. The van der Waals surface area contributed by atoms with Gasteiger partial charge in [0.15, 0.2) is 11.5 Å². The summed E-state index contributed by atoms with van der Waals surface area (Å²) in [5.74, 6) is 1.20. The zero-order valence-corrected chi connectivity index (χ0v) is 25.0. The second-order valence-corrected chi connectivity index (χ2v) is 13.5. The lowest BCUT2D eigenvalue weighted by Gasteiger charge is -2.39. The summed E-state index contributed by atoms with van der Waals surface area (Å²) in [5.41, 5.74) is 2.70. The Hall–Kier alpha value is -2.97. The van der Waals surface area contributed by atoms with Crippen LogP contribution in [0, 0.1) is 16.6 Å². The largest absolute Gasteiger partial charge is 0.493 e. The van der Waals surface area contributed by atoms with E-state index in [1.165, 1.54) is 17.4 Å². The van der Waals surface area contributed by atoms with E-state index in [1.54, 1.807) is 20.3 Å². The Morgan fingerprint density at radius 1 is 1.10 bits per heavy atom. The van der Waals surface area contributed by atoms with Crippen LogP contribution in [0.5, 0.6) is 11.5 Å². The van der Waals surface area contributed by atoms with Gasteiger partial charge < -0.3 is 14.4 Å². The van der Waals surface area contributed by atoms with Gasteiger partial charge in [0.05, 0.1) is 20.8 Å². The van der Waals surface area contributed by atoms with Gasteiger partial charge in [0, 0.05) is 36.6 Å². The van der Waals surface area contributed by atoms with Crippen LogP contribution in [0.3, 0.4) is 0 Å². The van der Waals surface area contributed by atoms with Crippen molar-refractivity contribution in [1.82, 2.24) is 14.8 Å². The summed E-state index contributed by atoms with van der Waals surface area (Å²) < 4.78 is 25.4. The zero-order valence-electron chi connectivity index (χ0n) is 24.2. The molecule has 214 valence electrons. The Kier molecular flexibility index (Phi) is 8.20. The van der Waals surface area contributed by atoms with E-state index in [0.29, 0.717) is 42.4 Å². The van der Waals surface area contributed by atoms with Crippen LogP contribution in [0.2, 0.25) is 0 Å². The summed E-state index contributed by atoms with van der Waals surface area (Å²) in [7, 11) is 3.25. The Bertz CT molecular complexity index is 1360. The number of ether oxygens (including phenoxy) is 2. The summed E-state index contributed by atoms with van der Waals surface area (Å²) in [4.78, 5) is 22.6. The molecule has 3 aromatic rings. The summed E-state index contributed by atoms with van der Waals surface area (Å²) in [6, 6.07) is 13.1. The van der Waals surface area contributed by atoms with E-state index >= 15 is 0 Å². The number of aromatic nitrogens is 1. The fraction of sp³-hybridized carbons (Fsp3) is 0.500. The third-order valence-electron chi connectivity index (χ3n) is 8.32. The maximum Gasteiger partial charge on any atom is 0.273 e. The Morgan fingerprint density at radius 2 is 1.88 bits per heavy atom. The summed E-state index contributed by atoms with van der Waals surface area (Å²) >= 11 is 1.51. The number of nitrogens with zero attached hydrogens (tertiary/aromatic N) is 3. The minimum absolute atomic E-state index is 0.0416. The van der Waals surface area contributed by atoms with Crippen LogP contribution in [0.1, 0.15) is 66.7 Å². The van der Waals surface area contributed by atoms with Gasteiger partial charge in [-0.15, -0.1) is 11.3 Å². The Labute approximate surface area is 241 Å². The van der Waals surface area contributed by atoms with E-state index in [4.69, 9.17) is 14.5 Å². The van der Waals surface area contributed by atoms with Gasteiger partial charge in [0.1, 0.15) is 16.5 Å². The molecule has 1 saturated carbocycles. The van der Waals surface area contributed by atoms with Gasteiger partial charge in [-0.1, -0.05) is 45.0 Å². The number of likely N-dealkylation sites (tertiary alicyclic amines) is 1. The first-order chi connectivity index (χ1) is 19.1. The van der Waals surface area contributed by atoms with Crippen molar-refractivity contribution < 1.29 is 18.7 Å². The molecule has 0 radical (unpaired) electrons. The topological polar surface area (TPSA) is 54.9 Å². The molecule has 1 amide bonds. The van der Waals surface area contributed by atoms with Crippen LogP contribution in [0.15, 0.2) is 47.8 Å². The molecule has 2 heterocycles. The molecule has 5 rings (SSSR count). The van der Waals surface area contributed by atoms with Crippen LogP contribution in [0.25, 0.3) is 0 Å². The van der Waals surface area contributed by atoms with Gasteiger partial charge >= 0.3 is 0 Å². The Balaban J connectivity index is 1.30. The summed E-state index contributed by atoms with van der Waals surface area (Å²) in [6.07, 6.45) is 4.01. The lowest BCUT2D eigenvalue weighted by atomic mass is 9.65. The quantitative estimate of drug-likeness (QED) is 0.278. The molecule has 2 fully saturated rings. The van der Waals surface area contributed by atoms with Crippen molar-refractivity contribution in [3.05, 3.63) is 75.5 Å². The molecule has 8 heteroatoms. The van der Waals surface area contributed by atoms with Crippen molar-refractivity contribution in [3.8, 4) is 11.5 Å². The third-order valence-corrected chi connectivity index (χ3v) is 9.16. The average molecular weight is 566 g/mol. The minimum Gasteiger partial charge on any atom is -0.493 e. The molecule has 2 aliphatic rings. The predicted octanol–water partition coefficient (Wildman–Crippen LogP) is 6.59. The number of halogens is 1. The van der Waals surface area contributed by atoms with Crippen molar-refractivity contribution in [3.63, 3.8) is 0 Å². The molecule has 0 N–H and O–H groups in total. The number of hydrogen-bond donors (Lipinski definition) is 0. The second-order valence-electron chi connectivity index (χ2n) is 12.5. The van der Waals surface area contributed by atoms with Gasteiger partial charge in [-0.25, -0.2) is 9.37 Å². The maximum atomic E-state index is 14.6. The number of thiazole rings is 1. The number of amides is 1. The molecular formula is C32H40FN3O3S. The molecule has 1 aromatic heterocycles. The first-order valence-corrected chi connectivity index (χ1v) is 14.9. The Morgan fingerprint density at radius 3 is 2.62 bits per heavy atom. The van der Waals surface area contributed by atoms with E-state index in [2.05, 4.69) is 30.6 Å². The van der Waals surface area contributed by atoms with Crippen molar-refractivity contribution in [2.75, 3.05) is 27.3 Å².